The Morgan fingerprint density at radius 2 is 1.89 bits per heavy atom. The molecule has 1 fully saturated rings. The van der Waals surface area contributed by atoms with Crippen molar-refractivity contribution in [2.24, 2.45) is 5.92 Å². The normalized spacial score (nSPS) is 19.7. The van der Waals surface area contributed by atoms with Crippen LogP contribution in [-0.2, 0) is 4.74 Å². The van der Waals surface area contributed by atoms with Crippen LogP contribution in [0, 0.1) is 5.92 Å². The lowest BCUT2D eigenvalue weighted by Gasteiger charge is -2.42. The topological polar surface area (TPSA) is 62.4 Å². The van der Waals surface area contributed by atoms with Gasteiger partial charge in [0, 0.05) is 31.2 Å². The summed E-state index contributed by atoms with van der Waals surface area (Å²) in [7, 11) is 0. The first-order valence-electron chi connectivity index (χ1n) is 7.08. The van der Waals surface area contributed by atoms with E-state index in [0.717, 1.165) is 13.1 Å². The molecule has 0 aromatic rings. The van der Waals surface area contributed by atoms with Crippen LogP contribution in [0.25, 0.3) is 0 Å². The largest absolute Gasteiger partial charge is 0.444 e. The van der Waals surface area contributed by atoms with Gasteiger partial charge < -0.3 is 20.7 Å². The van der Waals surface area contributed by atoms with Crippen LogP contribution in [0.15, 0.2) is 0 Å². The molecule has 1 aliphatic rings. The zero-order valence-corrected chi connectivity index (χ0v) is 13.1. The van der Waals surface area contributed by atoms with Crippen LogP contribution < -0.4 is 16.0 Å². The number of ether oxygens (including phenoxy) is 1. The van der Waals surface area contributed by atoms with E-state index in [2.05, 4.69) is 36.7 Å². The van der Waals surface area contributed by atoms with E-state index in [1.165, 1.54) is 0 Å². The third-order valence-electron chi connectivity index (χ3n) is 3.59. The minimum Gasteiger partial charge on any atom is -0.444 e. The van der Waals surface area contributed by atoms with Crippen molar-refractivity contribution >= 4 is 6.09 Å². The lowest BCUT2D eigenvalue weighted by atomic mass is 9.87. The molecule has 1 heterocycles. The van der Waals surface area contributed by atoms with Crippen LogP contribution in [-0.4, -0.2) is 42.9 Å². The van der Waals surface area contributed by atoms with E-state index in [9.17, 15) is 4.79 Å². The van der Waals surface area contributed by atoms with Gasteiger partial charge >= 0.3 is 6.09 Å². The van der Waals surface area contributed by atoms with E-state index in [1.54, 1.807) is 0 Å². The van der Waals surface area contributed by atoms with Gasteiger partial charge in [-0.2, -0.15) is 0 Å². The summed E-state index contributed by atoms with van der Waals surface area (Å²) in [4.78, 5) is 11.7. The number of carbonyl (C=O) groups excluding carboxylic acids is 1. The summed E-state index contributed by atoms with van der Waals surface area (Å²) in [6.07, 6.45) is -0.354. The third-order valence-corrected chi connectivity index (χ3v) is 3.59. The molecule has 1 rings (SSSR count). The third kappa shape index (κ3) is 5.37. The fourth-order valence-corrected chi connectivity index (χ4v) is 1.85. The maximum atomic E-state index is 11.7. The molecule has 0 bridgehead atoms. The van der Waals surface area contributed by atoms with E-state index in [1.807, 2.05) is 20.8 Å². The van der Waals surface area contributed by atoms with E-state index in [-0.39, 0.29) is 11.6 Å². The molecular formula is C14H29N3O2. The molecule has 0 spiro atoms. The van der Waals surface area contributed by atoms with Crippen LogP contribution in [0.2, 0.25) is 0 Å². The van der Waals surface area contributed by atoms with Gasteiger partial charge in [0.25, 0.3) is 0 Å². The molecule has 1 atom stereocenters. The molecule has 5 nitrogen and oxygen atoms in total. The quantitative estimate of drug-likeness (QED) is 0.709. The van der Waals surface area contributed by atoms with Gasteiger partial charge in [-0.3, -0.25) is 0 Å². The minimum atomic E-state index is -0.455. The van der Waals surface area contributed by atoms with Crippen LogP contribution in [0.3, 0.4) is 0 Å². The minimum absolute atomic E-state index is 0.121. The van der Waals surface area contributed by atoms with Crippen molar-refractivity contribution in [3.8, 4) is 0 Å². The standard InChI is InChI=1S/C14H29N3O2/c1-10(2)14(6,17-11-7-15-8-11)9-16-12(18)19-13(3,4)5/h10-11,15,17H,7-9H2,1-6H3,(H,16,18). The Kier molecular flexibility index (Phi) is 5.21. The Labute approximate surface area is 116 Å². The summed E-state index contributed by atoms with van der Waals surface area (Å²) in [6, 6.07) is 0.493. The van der Waals surface area contributed by atoms with Gasteiger partial charge in [-0.15, -0.1) is 0 Å². The molecule has 19 heavy (non-hydrogen) atoms. The predicted molar refractivity (Wildman–Crippen MR) is 77.3 cm³/mol. The van der Waals surface area contributed by atoms with Crippen molar-refractivity contribution in [3.05, 3.63) is 0 Å². The number of carbonyl (C=O) groups is 1. The van der Waals surface area contributed by atoms with Gasteiger partial charge in [-0.05, 0) is 33.6 Å². The summed E-state index contributed by atoms with van der Waals surface area (Å²) in [5.41, 5.74) is -0.576. The first-order chi connectivity index (χ1) is 8.62. The van der Waals surface area contributed by atoms with Crippen LogP contribution in [0.5, 0.6) is 0 Å². The predicted octanol–water partition coefficient (Wildman–Crippen LogP) is 1.49. The average Bonchev–Trinajstić information content (AvgIpc) is 2.18. The second-order valence-electron chi connectivity index (χ2n) is 6.93. The molecule has 3 N–H and O–H groups in total. The first kappa shape index (κ1) is 16.2. The molecule has 1 unspecified atom stereocenters. The summed E-state index contributed by atoms with van der Waals surface area (Å²) >= 11 is 0. The Hall–Kier alpha value is -0.810. The molecule has 112 valence electrons. The SMILES string of the molecule is CC(C)C(C)(CNC(=O)OC(C)(C)C)NC1CNC1. The Morgan fingerprint density at radius 3 is 2.26 bits per heavy atom. The number of nitrogens with one attached hydrogen (secondary N) is 3. The number of hydrogen-bond donors (Lipinski definition) is 3. The van der Waals surface area contributed by atoms with E-state index in [0.29, 0.717) is 18.5 Å². The summed E-state index contributed by atoms with van der Waals surface area (Å²) < 4.78 is 5.27. The molecule has 0 aromatic heterocycles. The van der Waals surface area contributed by atoms with Crippen molar-refractivity contribution in [3.63, 3.8) is 0 Å². The highest BCUT2D eigenvalue weighted by Crippen LogP contribution is 2.17. The zero-order chi connectivity index (χ0) is 14.7. The highest BCUT2D eigenvalue weighted by atomic mass is 16.6. The zero-order valence-electron chi connectivity index (χ0n) is 13.1. The molecule has 0 aromatic carbocycles. The van der Waals surface area contributed by atoms with Crippen molar-refractivity contribution in [2.45, 2.75) is 58.7 Å². The van der Waals surface area contributed by atoms with Crippen LogP contribution in [0.4, 0.5) is 4.79 Å². The monoisotopic (exact) mass is 271 g/mol. The Balaban J connectivity index is 2.46. The summed E-state index contributed by atoms with van der Waals surface area (Å²) in [5, 5.41) is 9.73. The highest BCUT2D eigenvalue weighted by molar-refractivity contribution is 5.67. The summed E-state index contributed by atoms with van der Waals surface area (Å²) in [6.45, 7) is 14.6. The van der Waals surface area contributed by atoms with Crippen LogP contribution in [0.1, 0.15) is 41.5 Å². The highest BCUT2D eigenvalue weighted by Gasteiger charge is 2.33. The number of hydrogen-bond acceptors (Lipinski definition) is 4. The molecule has 1 aliphatic heterocycles. The Morgan fingerprint density at radius 1 is 1.32 bits per heavy atom. The maximum absolute atomic E-state index is 11.7. The molecular weight excluding hydrogens is 242 g/mol. The van der Waals surface area contributed by atoms with Crippen molar-refractivity contribution in [2.75, 3.05) is 19.6 Å². The van der Waals surface area contributed by atoms with Gasteiger partial charge in [-0.25, -0.2) is 4.79 Å². The molecule has 0 radical (unpaired) electrons. The van der Waals surface area contributed by atoms with Gasteiger partial charge in [0.2, 0.25) is 0 Å². The van der Waals surface area contributed by atoms with Gasteiger partial charge in [-0.1, -0.05) is 13.8 Å². The molecule has 1 saturated heterocycles. The first-order valence-corrected chi connectivity index (χ1v) is 7.08. The van der Waals surface area contributed by atoms with Gasteiger partial charge in [0.15, 0.2) is 0 Å². The van der Waals surface area contributed by atoms with E-state index < -0.39 is 5.60 Å². The molecule has 1 amide bonds. The van der Waals surface area contributed by atoms with Crippen molar-refractivity contribution < 1.29 is 9.53 Å². The molecule has 0 saturated carbocycles. The summed E-state index contributed by atoms with van der Waals surface area (Å²) in [5.74, 6) is 0.419. The number of alkyl carbamates (subject to hydrolysis) is 1. The fraction of sp³-hybridized carbons (Fsp3) is 0.929. The van der Waals surface area contributed by atoms with Crippen LogP contribution >= 0.6 is 0 Å². The Bertz CT molecular complexity index is 308. The average molecular weight is 271 g/mol. The maximum Gasteiger partial charge on any atom is 0.407 e. The fourth-order valence-electron chi connectivity index (χ4n) is 1.85. The van der Waals surface area contributed by atoms with Crippen molar-refractivity contribution in [1.29, 1.82) is 0 Å². The number of rotatable bonds is 5. The lowest BCUT2D eigenvalue weighted by molar-refractivity contribution is 0.0497. The molecule has 5 heteroatoms. The van der Waals surface area contributed by atoms with Gasteiger partial charge in [0.05, 0.1) is 0 Å². The second kappa shape index (κ2) is 6.09. The van der Waals surface area contributed by atoms with E-state index >= 15 is 0 Å². The van der Waals surface area contributed by atoms with Crippen molar-refractivity contribution in [1.82, 2.24) is 16.0 Å². The number of amides is 1. The molecule has 0 aliphatic carbocycles. The lowest BCUT2D eigenvalue weighted by Crippen LogP contribution is -2.66. The smallest absolute Gasteiger partial charge is 0.407 e. The van der Waals surface area contributed by atoms with E-state index in [4.69, 9.17) is 4.74 Å². The van der Waals surface area contributed by atoms with Gasteiger partial charge in [0.1, 0.15) is 5.60 Å². The second-order valence-corrected chi connectivity index (χ2v) is 6.93.